The highest BCUT2D eigenvalue weighted by atomic mass is 16.5. The molecule has 0 aromatic carbocycles. The molecular formula is C17H40N6O2. The lowest BCUT2D eigenvalue weighted by Gasteiger charge is -2.17. The third kappa shape index (κ3) is 19.4. The predicted octanol–water partition coefficient (Wildman–Crippen LogP) is 2.45. The van der Waals surface area contributed by atoms with E-state index in [1.165, 1.54) is 70.6 Å². The first-order chi connectivity index (χ1) is 12.3. The van der Waals surface area contributed by atoms with Crippen LogP contribution >= 0.6 is 0 Å². The number of hydrazine groups is 5. The summed E-state index contributed by atoms with van der Waals surface area (Å²) in [6.07, 6.45) is 17.6. The topological polar surface area (TPSA) is 112 Å². The summed E-state index contributed by atoms with van der Waals surface area (Å²) in [6, 6.07) is 0. The Morgan fingerprint density at radius 1 is 0.800 bits per heavy atom. The number of nitrogens with one attached hydrogen (secondary N) is 5. The molecule has 0 rings (SSSR count). The van der Waals surface area contributed by atoms with Crippen molar-refractivity contribution in [2.24, 2.45) is 5.84 Å². The molecule has 0 bridgehead atoms. The summed E-state index contributed by atoms with van der Waals surface area (Å²) in [4.78, 5) is 10.5. The van der Waals surface area contributed by atoms with E-state index in [4.69, 9.17) is 10.6 Å². The van der Waals surface area contributed by atoms with Gasteiger partial charge in [-0.3, -0.25) is 10.6 Å². The summed E-state index contributed by atoms with van der Waals surface area (Å²) in [6.45, 7) is 2.72. The quantitative estimate of drug-likeness (QED) is 0.0608. The van der Waals surface area contributed by atoms with Crippen molar-refractivity contribution in [2.75, 3.05) is 0 Å². The molecule has 0 aliphatic rings. The molecule has 0 saturated heterocycles. The van der Waals surface area contributed by atoms with Gasteiger partial charge in [0.2, 0.25) is 0 Å². The summed E-state index contributed by atoms with van der Waals surface area (Å²) in [5, 5.41) is 0. The van der Waals surface area contributed by atoms with E-state index in [-0.39, 0.29) is 6.23 Å². The monoisotopic (exact) mass is 360 g/mol. The third-order valence-corrected chi connectivity index (χ3v) is 4.22. The Hall–Kier alpha value is -0.770. The van der Waals surface area contributed by atoms with Gasteiger partial charge >= 0.3 is 0 Å². The van der Waals surface area contributed by atoms with Crippen molar-refractivity contribution >= 4 is 6.47 Å². The Morgan fingerprint density at radius 2 is 1.32 bits per heavy atom. The zero-order chi connectivity index (χ0) is 18.4. The van der Waals surface area contributed by atoms with Gasteiger partial charge in [-0.2, -0.15) is 22.1 Å². The van der Waals surface area contributed by atoms with Crippen LogP contribution in [-0.4, -0.2) is 12.7 Å². The normalized spacial score (nSPS) is 12.2. The molecule has 0 heterocycles. The predicted molar refractivity (Wildman–Crippen MR) is 101 cm³/mol. The Balaban J connectivity index is 3.32. The number of hydrogen-bond acceptors (Lipinski definition) is 8. The zero-order valence-corrected chi connectivity index (χ0v) is 15.9. The molecule has 8 heteroatoms. The van der Waals surface area contributed by atoms with Gasteiger partial charge in [0.1, 0.15) is 0 Å². The standard InChI is InChI=1S/C17H40N6O2/c1-2-3-4-5-6-7-8-9-10-11-12-13-14-15-17(25-16-24)19-21-23-22-20-18/h16-17,19-23H,2-15,18H2,1H3. The fourth-order valence-electron chi connectivity index (χ4n) is 2.77. The van der Waals surface area contributed by atoms with Crippen LogP contribution in [0.4, 0.5) is 0 Å². The van der Waals surface area contributed by atoms with Crippen molar-refractivity contribution in [1.29, 1.82) is 0 Å². The van der Waals surface area contributed by atoms with E-state index in [9.17, 15) is 4.79 Å². The second-order valence-electron chi connectivity index (χ2n) is 6.42. The van der Waals surface area contributed by atoms with Crippen LogP contribution in [0.1, 0.15) is 96.8 Å². The minimum absolute atomic E-state index is 0.364. The molecule has 0 fully saturated rings. The zero-order valence-electron chi connectivity index (χ0n) is 15.9. The van der Waals surface area contributed by atoms with Crippen LogP contribution in [0.5, 0.6) is 0 Å². The van der Waals surface area contributed by atoms with Gasteiger partial charge in [-0.25, -0.2) is 5.43 Å². The van der Waals surface area contributed by atoms with Gasteiger partial charge in [0.25, 0.3) is 6.47 Å². The van der Waals surface area contributed by atoms with Crippen LogP contribution in [0, 0.1) is 0 Å². The maximum absolute atomic E-state index is 10.5. The van der Waals surface area contributed by atoms with Gasteiger partial charge in [-0.05, 0) is 12.8 Å². The van der Waals surface area contributed by atoms with Gasteiger partial charge in [0.15, 0.2) is 6.23 Å². The molecule has 0 spiro atoms. The lowest BCUT2D eigenvalue weighted by atomic mass is 10.0. The summed E-state index contributed by atoms with van der Waals surface area (Å²) < 4.78 is 4.96. The SMILES string of the molecule is CCCCCCCCCCCCCCCC(NNNNNN)OC=O. The number of carbonyl (C=O) groups is 1. The molecular weight excluding hydrogens is 320 g/mol. The van der Waals surface area contributed by atoms with Crippen molar-refractivity contribution in [3.8, 4) is 0 Å². The molecule has 8 nitrogen and oxygen atoms in total. The Morgan fingerprint density at radius 3 is 1.80 bits per heavy atom. The van der Waals surface area contributed by atoms with E-state index in [0.29, 0.717) is 6.47 Å². The van der Waals surface area contributed by atoms with E-state index in [1.807, 2.05) is 0 Å². The molecule has 1 atom stereocenters. The fourth-order valence-corrected chi connectivity index (χ4v) is 2.77. The van der Waals surface area contributed by atoms with Gasteiger partial charge in [-0.15, -0.1) is 0 Å². The molecule has 0 amide bonds. The minimum atomic E-state index is -0.364. The van der Waals surface area contributed by atoms with Crippen molar-refractivity contribution in [3.05, 3.63) is 0 Å². The highest BCUT2D eigenvalue weighted by Gasteiger charge is 2.07. The molecule has 0 aliphatic carbocycles. The van der Waals surface area contributed by atoms with Gasteiger partial charge < -0.3 is 4.74 Å². The number of carbonyl (C=O) groups excluding carboxylic acids is 1. The molecule has 0 aliphatic heterocycles. The number of rotatable bonds is 21. The van der Waals surface area contributed by atoms with Gasteiger partial charge in [0.05, 0.1) is 0 Å². The van der Waals surface area contributed by atoms with Gasteiger partial charge in [0, 0.05) is 0 Å². The molecule has 150 valence electrons. The fraction of sp³-hybridized carbons (Fsp3) is 0.941. The van der Waals surface area contributed by atoms with E-state index in [0.717, 1.165) is 19.3 Å². The number of unbranched alkanes of at least 4 members (excludes halogenated alkanes) is 12. The molecule has 0 saturated carbocycles. The Kier molecular flexibility index (Phi) is 20.6. The molecule has 1 unspecified atom stereocenters. The molecule has 0 aromatic heterocycles. The maximum Gasteiger partial charge on any atom is 0.294 e. The first-order valence-corrected chi connectivity index (χ1v) is 9.90. The second kappa shape index (κ2) is 21.3. The largest absolute Gasteiger partial charge is 0.447 e. The van der Waals surface area contributed by atoms with E-state index in [1.54, 1.807) is 0 Å². The average molecular weight is 361 g/mol. The average Bonchev–Trinajstić information content (AvgIpc) is 2.62. The highest BCUT2D eigenvalue weighted by molar-refractivity contribution is 5.37. The molecule has 0 aromatic rings. The molecule has 25 heavy (non-hydrogen) atoms. The van der Waals surface area contributed by atoms with E-state index < -0.39 is 0 Å². The molecule has 7 N–H and O–H groups in total. The highest BCUT2D eigenvalue weighted by Crippen LogP contribution is 2.13. The summed E-state index contributed by atoms with van der Waals surface area (Å²) in [5.41, 5.74) is 12.6. The Bertz CT molecular complexity index is 272. The first-order valence-electron chi connectivity index (χ1n) is 9.90. The Labute approximate surface area is 153 Å². The van der Waals surface area contributed by atoms with Crippen molar-refractivity contribution in [1.82, 2.24) is 27.6 Å². The molecule has 0 radical (unpaired) electrons. The lowest BCUT2D eigenvalue weighted by molar-refractivity contribution is -0.136. The van der Waals surface area contributed by atoms with Crippen LogP contribution in [0.15, 0.2) is 0 Å². The number of nitrogens with two attached hydrogens (primary N) is 1. The van der Waals surface area contributed by atoms with Crippen molar-refractivity contribution in [3.63, 3.8) is 0 Å². The second-order valence-corrected chi connectivity index (χ2v) is 6.42. The van der Waals surface area contributed by atoms with Crippen LogP contribution in [0.2, 0.25) is 0 Å². The van der Waals surface area contributed by atoms with Crippen LogP contribution in [-0.2, 0) is 9.53 Å². The number of ether oxygens (including phenoxy) is 1. The van der Waals surface area contributed by atoms with Crippen molar-refractivity contribution < 1.29 is 9.53 Å². The van der Waals surface area contributed by atoms with E-state index >= 15 is 0 Å². The minimum Gasteiger partial charge on any atom is -0.447 e. The lowest BCUT2D eigenvalue weighted by Crippen LogP contribution is -2.59. The van der Waals surface area contributed by atoms with Crippen LogP contribution in [0.3, 0.4) is 0 Å². The van der Waals surface area contributed by atoms with Crippen molar-refractivity contribution in [2.45, 2.75) is 103 Å². The summed E-state index contributed by atoms with van der Waals surface area (Å²) in [5.74, 6) is 5.01. The first kappa shape index (κ1) is 24.2. The summed E-state index contributed by atoms with van der Waals surface area (Å²) in [7, 11) is 0. The van der Waals surface area contributed by atoms with Crippen LogP contribution < -0.4 is 33.4 Å². The van der Waals surface area contributed by atoms with Gasteiger partial charge in [-0.1, -0.05) is 84.0 Å². The summed E-state index contributed by atoms with van der Waals surface area (Å²) >= 11 is 0. The smallest absolute Gasteiger partial charge is 0.294 e. The third-order valence-electron chi connectivity index (χ3n) is 4.22. The maximum atomic E-state index is 10.5. The number of hydrogen-bond donors (Lipinski definition) is 6. The van der Waals surface area contributed by atoms with E-state index in [2.05, 4.69) is 34.5 Å². The van der Waals surface area contributed by atoms with Crippen LogP contribution in [0.25, 0.3) is 0 Å².